The quantitative estimate of drug-likeness (QED) is 0.552. The molecule has 0 saturated heterocycles. The van der Waals surface area contributed by atoms with Crippen molar-refractivity contribution in [3.63, 3.8) is 0 Å². The van der Waals surface area contributed by atoms with Gasteiger partial charge in [0.2, 0.25) is 0 Å². The SMILES string of the molecule is CCCCCCC1CCC(=O)C1c1ccc(C(O)C2CCCCC2)cc1. The zero-order valence-corrected chi connectivity index (χ0v) is 16.5. The minimum absolute atomic E-state index is 0.0949. The molecule has 2 saturated carbocycles. The number of benzene rings is 1. The molecule has 1 N–H and O–H groups in total. The van der Waals surface area contributed by atoms with Gasteiger partial charge in [-0.2, -0.15) is 0 Å². The Labute approximate surface area is 159 Å². The van der Waals surface area contributed by atoms with Crippen molar-refractivity contribution in [2.45, 2.75) is 96.0 Å². The van der Waals surface area contributed by atoms with Crippen LogP contribution in [0.3, 0.4) is 0 Å². The summed E-state index contributed by atoms with van der Waals surface area (Å²) in [6.07, 6.45) is 13.8. The Morgan fingerprint density at radius 2 is 1.73 bits per heavy atom. The standard InChI is InChI=1S/C24H36O2/c1-2-3-4-6-9-18-16-17-22(25)23(18)19-12-14-21(15-13-19)24(26)20-10-7-5-8-11-20/h12-15,18,20,23-24,26H,2-11,16-17H2,1H3. The van der Waals surface area contributed by atoms with Gasteiger partial charge in [0.15, 0.2) is 0 Å². The van der Waals surface area contributed by atoms with Crippen LogP contribution >= 0.6 is 0 Å². The molecule has 0 aromatic heterocycles. The minimum atomic E-state index is -0.339. The van der Waals surface area contributed by atoms with Crippen molar-refractivity contribution >= 4 is 5.78 Å². The predicted octanol–water partition coefficient (Wildman–Crippen LogP) is 6.33. The van der Waals surface area contributed by atoms with E-state index >= 15 is 0 Å². The number of aliphatic hydroxyl groups excluding tert-OH is 1. The second-order valence-corrected chi connectivity index (χ2v) is 8.60. The lowest BCUT2D eigenvalue weighted by Crippen LogP contribution is -2.16. The van der Waals surface area contributed by atoms with Crippen LogP contribution in [-0.2, 0) is 4.79 Å². The maximum atomic E-state index is 12.5. The topological polar surface area (TPSA) is 37.3 Å². The van der Waals surface area contributed by atoms with E-state index in [1.807, 2.05) is 0 Å². The maximum absolute atomic E-state index is 12.5. The van der Waals surface area contributed by atoms with Crippen molar-refractivity contribution in [2.24, 2.45) is 11.8 Å². The average Bonchev–Trinajstić information content (AvgIpc) is 3.06. The lowest BCUT2D eigenvalue weighted by molar-refractivity contribution is -0.119. The zero-order chi connectivity index (χ0) is 18.4. The fraction of sp³-hybridized carbons (Fsp3) is 0.708. The molecule has 0 spiro atoms. The normalized spacial score (nSPS) is 25.5. The Balaban J connectivity index is 1.63. The fourth-order valence-corrected chi connectivity index (χ4v) is 5.14. The summed E-state index contributed by atoms with van der Waals surface area (Å²) in [5.74, 6) is 1.45. The molecular weight excluding hydrogens is 320 g/mol. The van der Waals surface area contributed by atoms with Gasteiger partial charge in [-0.3, -0.25) is 4.79 Å². The molecule has 2 aliphatic carbocycles. The Hall–Kier alpha value is -1.15. The highest BCUT2D eigenvalue weighted by Gasteiger charge is 2.35. The van der Waals surface area contributed by atoms with Gasteiger partial charge in [0.05, 0.1) is 6.10 Å². The highest BCUT2D eigenvalue weighted by atomic mass is 16.3. The molecule has 2 nitrogen and oxygen atoms in total. The molecule has 1 aromatic rings. The smallest absolute Gasteiger partial charge is 0.140 e. The average molecular weight is 357 g/mol. The van der Waals surface area contributed by atoms with E-state index < -0.39 is 0 Å². The largest absolute Gasteiger partial charge is 0.388 e. The van der Waals surface area contributed by atoms with Crippen molar-refractivity contribution in [3.8, 4) is 0 Å². The molecular formula is C24H36O2. The molecule has 0 heterocycles. The molecule has 0 amide bonds. The maximum Gasteiger partial charge on any atom is 0.140 e. The van der Waals surface area contributed by atoms with E-state index in [0.717, 1.165) is 31.2 Å². The van der Waals surface area contributed by atoms with Crippen LogP contribution in [0.2, 0.25) is 0 Å². The molecule has 3 rings (SSSR count). The summed E-state index contributed by atoms with van der Waals surface area (Å²) in [7, 11) is 0. The number of ketones is 1. The van der Waals surface area contributed by atoms with Crippen molar-refractivity contribution in [2.75, 3.05) is 0 Å². The lowest BCUT2D eigenvalue weighted by Gasteiger charge is -2.27. The predicted molar refractivity (Wildman–Crippen MR) is 107 cm³/mol. The van der Waals surface area contributed by atoms with Gasteiger partial charge in [-0.1, -0.05) is 76.1 Å². The number of carbonyl (C=O) groups is 1. The summed E-state index contributed by atoms with van der Waals surface area (Å²) in [5, 5.41) is 10.7. The van der Waals surface area contributed by atoms with Crippen molar-refractivity contribution in [1.29, 1.82) is 0 Å². The fourth-order valence-electron chi connectivity index (χ4n) is 5.14. The summed E-state index contributed by atoms with van der Waals surface area (Å²) in [6.45, 7) is 2.24. The number of rotatable bonds is 8. The molecule has 26 heavy (non-hydrogen) atoms. The Bertz CT molecular complexity index is 556. The highest BCUT2D eigenvalue weighted by molar-refractivity contribution is 5.88. The summed E-state index contributed by atoms with van der Waals surface area (Å²) in [5.41, 5.74) is 2.21. The first-order valence-electron chi connectivity index (χ1n) is 11.0. The first-order chi connectivity index (χ1) is 12.7. The van der Waals surface area contributed by atoms with E-state index in [-0.39, 0.29) is 12.0 Å². The third-order valence-electron chi connectivity index (χ3n) is 6.74. The van der Waals surface area contributed by atoms with E-state index in [9.17, 15) is 9.90 Å². The molecule has 1 aromatic carbocycles. The third kappa shape index (κ3) is 4.76. The summed E-state index contributed by atoms with van der Waals surface area (Å²) < 4.78 is 0. The molecule has 0 bridgehead atoms. The van der Waals surface area contributed by atoms with E-state index in [0.29, 0.717) is 17.6 Å². The van der Waals surface area contributed by atoms with Crippen LogP contribution in [0.4, 0.5) is 0 Å². The van der Waals surface area contributed by atoms with Crippen LogP contribution in [0.25, 0.3) is 0 Å². The number of hydrogen-bond acceptors (Lipinski definition) is 2. The minimum Gasteiger partial charge on any atom is -0.388 e. The Morgan fingerprint density at radius 3 is 2.42 bits per heavy atom. The molecule has 2 heteroatoms. The number of aliphatic hydroxyl groups is 1. The molecule has 0 aliphatic heterocycles. The molecule has 144 valence electrons. The number of unbranched alkanes of at least 4 members (excludes halogenated alkanes) is 3. The number of hydrogen-bond donors (Lipinski definition) is 1. The highest BCUT2D eigenvalue weighted by Crippen LogP contribution is 2.41. The molecule has 2 aliphatic rings. The number of Topliss-reactive ketones (excluding diaryl/α,β-unsaturated/α-hetero) is 1. The molecule has 3 atom stereocenters. The summed E-state index contributed by atoms with van der Waals surface area (Å²) in [4.78, 5) is 12.5. The van der Waals surface area contributed by atoms with Gasteiger partial charge >= 0.3 is 0 Å². The van der Waals surface area contributed by atoms with Gasteiger partial charge < -0.3 is 5.11 Å². The lowest BCUT2D eigenvalue weighted by atomic mass is 9.81. The van der Waals surface area contributed by atoms with Crippen LogP contribution in [-0.4, -0.2) is 10.9 Å². The van der Waals surface area contributed by atoms with Crippen molar-refractivity contribution in [3.05, 3.63) is 35.4 Å². The molecule has 3 unspecified atom stereocenters. The zero-order valence-electron chi connectivity index (χ0n) is 16.5. The van der Waals surface area contributed by atoms with Crippen LogP contribution in [0.1, 0.15) is 107 Å². The molecule has 2 fully saturated rings. The van der Waals surface area contributed by atoms with Crippen LogP contribution in [0.5, 0.6) is 0 Å². The van der Waals surface area contributed by atoms with Gasteiger partial charge in [0.25, 0.3) is 0 Å². The van der Waals surface area contributed by atoms with Gasteiger partial charge in [0, 0.05) is 12.3 Å². The van der Waals surface area contributed by atoms with Gasteiger partial charge in [-0.25, -0.2) is 0 Å². The van der Waals surface area contributed by atoms with Crippen LogP contribution in [0, 0.1) is 11.8 Å². The summed E-state index contributed by atoms with van der Waals surface area (Å²) in [6, 6.07) is 8.39. The van der Waals surface area contributed by atoms with E-state index in [1.54, 1.807) is 0 Å². The Kier molecular flexibility index (Phi) is 7.31. The van der Waals surface area contributed by atoms with Gasteiger partial charge in [-0.15, -0.1) is 0 Å². The van der Waals surface area contributed by atoms with Gasteiger partial charge in [-0.05, 0) is 48.6 Å². The van der Waals surface area contributed by atoms with E-state index in [2.05, 4.69) is 31.2 Å². The van der Waals surface area contributed by atoms with Crippen LogP contribution < -0.4 is 0 Å². The second-order valence-electron chi connectivity index (χ2n) is 8.60. The van der Waals surface area contributed by atoms with Crippen LogP contribution in [0.15, 0.2) is 24.3 Å². The monoisotopic (exact) mass is 356 g/mol. The summed E-state index contributed by atoms with van der Waals surface area (Å²) >= 11 is 0. The van der Waals surface area contributed by atoms with Crippen molar-refractivity contribution < 1.29 is 9.90 Å². The van der Waals surface area contributed by atoms with E-state index in [4.69, 9.17) is 0 Å². The first kappa shape index (κ1) is 19.6. The van der Waals surface area contributed by atoms with E-state index in [1.165, 1.54) is 56.9 Å². The molecule has 0 radical (unpaired) electrons. The van der Waals surface area contributed by atoms with Gasteiger partial charge in [0.1, 0.15) is 5.78 Å². The number of carbonyl (C=O) groups excluding carboxylic acids is 1. The Morgan fingerprint density at radius 1 is 1.00 bits per heavy atom. The second kappa shape index (κ2) is 9.69. The van der Waals surface area contributed by atoms with Crippen molar-refractivity contribution in [1.82, 2.24) is 0 Å². The first-order valence-corrected chi connectivity index (χ1v) is 11.0. The third-order valence-corrected chi connectivity index (χ3v) is 6.74.